The molecule has 1 amide bonds. The Morgan fingerprint density at radius 1 is 1.25 bits per heavy atom. The minimum atomic E-state index is -0.209. The molecule has 8 nitrogen and oxygen atoms in total. The first kappa shape index (κ1) is 20.0. The normalized spacial score (nSPS) is 15.6. The lowest BCUT2D eigenvalue weighted by Gasteiger charge is -2.22. The fraction of sp³-hybridized carbons (Fsp3) is 0.368. The number of hydrogen-bond acceptors (Lipinski definition) is 5. The van der Waals surface area contributed by atoms with E-state index in [4.69, 9.17) is 0 Å². The summed E-state index contributed by atoms with van der Waals surface area (Å²) in [4.78, 5) is 12.5. The van der Waals surface area contributed by atoms with Crippen molar-refractivity contribution in [1.82, 2.24) is 35.4 Å². The number of rotatable bonds is 5. The Bertz CT molecular complexity index is 885. The Morgan fingerprint density at radius 2 is 2.00 bits per heavy atom. The van der Waals surface area contributed by atoms with Crippen molar-refractivity contribution in [3.05, 3.63) is 60.2 Å². The van der Waals surface area contributed by atoms with Crippen LogP contribution in [0.25, 0.3) is 5.69 Å². The van der Waals surface area contributed by atoms with Crippen molar-refractivity contribution in [3.8, 4) is 5.69 Å². The number of aromatic nitrogens is 5. The number of carbonyl (C=O) groups is 1. The predicted molar refractivity (Wildman–Crippen MR) is 108 cm³/mol. The lowest BCUT2D eigenvalue weighted by Crippen LogP contribution is -2.29. The molecule has 1 aliphatic heterocycles. The zero-order chi connectivity index (χ0) is 18.6. The smallest absolute Gasteiger partial charge is 0.273 e. The SMILES string of the molecule is CC(NC(=O)c1cn(C2CCNCC2)nn1)c1ccc(-n2cccn2)cc1.Cl. The highest BCUT2D eigenvalue weighted by atomic mass is 35.5. The van der Waals surface area contributed by atoms with Gasteiger partial charge >= 0.3 is 0 Å². The van der Waals surface area contributed by atoms with Crippen LogP contribution >= 0.6 is 12.4 Å². The van der Waals surface area contributed by atoms with Crippen LogP contribution in [0.5, 0.6) is 0 Å². The molecular formula is C19H24ClN7O. The van der Waals surface area contributed by atoms with E-state index in [2.05, 4.69) is 26.0 Å². The average molecular weight is 402 g/mol. The van der Waals surface area contributed by atoms with E-state index in [1.54, 1.807) is 17.1 Å². The van der Waals surface area contributed by atoms with Crippen LogP contribution in [-0.2, 0) is 0 Å². The number of halogens is 1. The Labute approximate surface area is 169 Å². The highest BCUT2D eigenvalue weighted by Crippen LogP contribution is 2.18. The molecule has 1 saturated heterocycles. The highest BCUT2D eigenvalue weighted by Gasteiger charge is 2.19. The minimum Gasteiger partial charge on any atom is -0.344 e. The van der Waals surface area contributed by atoms with E-state index in [0.717, 1.165) is 37.2 Å². The highest BCUT2D eigenvalue weighted by molar-refractivity contribution is 5.92. The average Bonchev–Trinajstić information content (AvgIpc) is 3.41. The molecule has 1 unspecified atom stereocenters. The summed E-state index contributed by atoms with van der Waals surface area (Å²) < 4.78 is 3.62. The molecule has 4 rings (SSSR count). The van der Waals surface area contributed by atoms with Crippen molar-refractivity contribution in [2.24, 2.45) is 0 Å². The van der Waals surface area contributed by atoms with Crippen LogP contribution in [0, 0.1) is 0 Å². The summed E-state index contributed by atoms with van der Waals surface area (Å²) in [5, 5.41) is 18.7. The van der Waals surface area contributed by atoms with E-state index < -0.39 is 0 Å². The molecule has 0 aliphatic carbocycles. The van der Waals surface area contributed by atoms with Crippen LogP contribution in [-0.4, -0.2) is 43.8 Å². The number of piperidine rings is 1. The maximum Gasteiger partial charge on any atom is 0.273 e. The number of carbonyl (C=O) groups excluding carboxylic acids is 1. The maximum absolute atomic E-state index is 12.5. The van der Waals surface area contributed by atoms with E-state index >= 15 is 0 Å². The molecule has 1 fully saturated rings. The fourth-order valence-electron chi connectivity index (χ4n) is 3.32. The van der Waals surface area contributed by atoms with Crippen LogP contribution in [0.4, 0.5) is 0 Å². The van der Waals surface area contributed by atoms with Crippen molar-refractivity contribution in [1.29, 1.82) is 0 Å². The van der Waals surface area contributed by atoms with E-state index in [-0.39, 0.29) is 24.4 Å². The van der Waals surface area contributed by atoms with Crippen LogP contribution < -0.4 is 10.6 Å². The molecule has 2 aromatic heterocycles. The van der Waals surface area contributed by atoms with Gasteiger partial charge in [-0.15, -0.1) is 17.5 Å². The first-order valence-electron chi connectivity index (χ1n) is 9.24. The van der Waals surface area contributed by atoms with E-state index in [9.17, 15) is 4.79 Å². The van der Waals surface area contributed by atoms with E-state index in [1.807, 2.05) is 48.1 Å². The first-order valence-corrected chi connectivity index (χ1v) is 9.24. The third-order valence-electron chi connectivity index (χ3n) is 4.94. The second kappa shape index (κ2) is 8.99. The van der Waals surface area contributed by atoms with Gasteiger partial charge < -0.3 is 10.6 Å². The first-order chi connectivity index (χ1) is 13.2. The van der Waals surface area contributed by atoms with Gasteiger partial charge in [0.2, 0.25) is 0 Å². The van der Waals surface area contributed by atoms with Gasteiger partial charge in [-0.1, -0.05) is 17.3 Å². The number of nitrogens with one attached hydrogen (secondary N) is 2. The van der Waals surface area contributed by atoms with Crippen molar-refractivity contribution >= 4 is 18.3 Å². The number of nitrogens with zero attached hydrogens (tertiary/aromatic N) is 5. The van der Waals surface area contributed by atoms with Crippen molar-refractivity contribution in [2.75, 3.05) is 13.1 Å². The summed E-state index contributed by atoms with van der Waals surface area (Å²) in [6.45, 7) is 3.90. The molecule has 0 saturated carbocycles. The summed E-state index contributed by atoms with van der Waals surface area (Å²) in [5.41, 5.74) is 2.35. The summed E-state index contributed by atoms with van der Waals surface area (Å²) in [6.07, 6.45) is 7.39. The Hall–Kier alpha value is -2.71. The van der Waals surface area contributed by atoms with Gasteiger partial charge in [-0.05, 0) is 56.6 Å². The van der Waals surface area contributed by atoms with E-state index in [1.165, 1.54) is 0 Å². The summed E-state index contributed by atoms with van der Waals surface area (Å²) >= 11 is 0. The standard InChI is InChI=1S/C19H23N7O.ClH/c1-14(15-3-5-16(6-4-15)25-12-2-9-21-25)22-19(27)18-13-26(24-23-18)17-7-10-20-11-8-17;/h2-6,9,12-14,17,20H,7-8,10-11H2,1H3,(H,22,27);1H. The van der Waals surface area contributed by atoms with Crippen LogP contribution in [0.1, 0.15) is 47.9 Å². The molecular weight excluding hydrogens is 378 g/mol. The van der Waals surface area contributed by atoms with Crippen molar-refractivity contribution in [2.45, 2.75) is 31.8 Å². The Morgan fingerprint density at radius 3 is 2.68 bits per heavy atom. The van der Waals surface area contributed by atoms with Crippen LogP contribution in [0.15, 0.2) is 48.9 Å². The molecule has 148 valence electrons. The maximum atomic E-state index is 12.5. The van der Waals surface area contributed by atoms with Gasteiger partial charge in [-0.2, -0.15) is 5.10 Å². The van der Waals surface area contributed by atoms with Gasteiger partial charge in [0.05, 0.1) is 24.0 Å². The van der Waals surface area contributed by atoms with Gasteiger partial charge in [0, 0.05) is 12.4 Å². The molecule has 1 aromatic carbocycles. The third kappa shape index (κ3) is 4.40. The van der Waals surface area contributed by atoms with E-state index in [0.29, 0.717) is 11.7 Å². The van der Waals surface area contributed by atoms with Gasteiger partial charge in [-0.25, -0.2) is 9.36 Å². The number of hydrogen-bond donors (Lipinski definition) is 2. The Balaban J connectivity index is 0.00000225. The molecule has 0 spiro atoms. The topological polar surface area (TPSA) is 89.7 Å². The Kier molecular flexibility index (Phi) is 6.43. The molecule has 9 heteroatoms. The van der Waals surface area contributed by atoms with Gasteiger partial charge in [0.15, 0.2) is 5.69 Å². The van der Waals surface area contributed by atoms with Crippen LogP contribution in [0.3, 0.4) is 0 Å². The van der Waals surface area contributed by atoms with Gasteiger partial charge in [-0.3, -0.25) is 4.79 Å². The summed E-state index contributed by atoms with van der Waals surface area (Å²) in [7, 11) is 0. The molecule has 28 heavy (non-hydrogen) atoms. The third-order valence-corrected chi connectivity index (χ3v) is 4.94. The molecule has 1 atom stereocenters. The largest absolute Gasteiger partial charge is 0.344 e. The molecule has 3 heterocycles. The second-order valence-electron chi connectivity index (χ2n) is 6.80. The quantitative estimate of drug-likeness (QED) is 0.684. The molecule has 1 aliphatic rings. The molecule has 0 bridgehead atoms. The monoisotopic (exact) mass is 401 g/mol. The summed E-state index contributed by atoms with van der Waals surface area (Å²) in [5.74, 6) is -0.209. The van der Waals surface area contributed by atoms with Crippen molar-refractivity contribution in [3.63, 3.8) is 0 Å². The summed E-state index contributed by atoms with van der Waals surface area (Å²) in [6, 6.07) is 10.0. The van der Waals surface area contributed by atoms with Crippen molar-refractivity contribution < 1.29 is 4.79 Å². The number of amides is 1. The fourth-order valence-corrected chi connectivity index (χ4v) is 3.32. The lowest BCUT2D eigenvalue weighted by atomic mass is 10.1. The zero-order valence-corrected chi connectivity index (χ0v) is 16.5. The molecule has 3 aromatic rings. The minimum absolute atomic E-state index is 0. The molecule has 0 radical (unpaired) electrons. The predicted octanol–water partition coefficient (Wildman–Crippen LogP) is 2.30. The zero-order valence-electron chi connectivity index (χ0n) is 15.7. The number of benzene rings is 1. The van der Waals surface area contributed by atoms with Gasteiger partial charge in [0.25, 0.3) is 5.91 Å². The lowest BCUT2D eigenvalue weighted by molar-refractivity contribution is 0.0934. The van der Waals surface area contributed by atoms with Gasteiger partial charge in [0.1, 0.15) is 0 Å². The van der Waals surface area contributed by atoms with Crippen LogP contribution in [0.2, 0.25) is 0 Å². The second-order valence-corrected chi connectivity index (χ2v) is 6.80. The molecule has 2 N–H and O–H groups in total.